The minimum atomic E-state index is 0.0140. The quantitative estimate of drug-likeness (QED) is 0.764. The Labute approximate surface area is 117 Å². The molecule has 5 heteroatoms. The van der Waals surface area contributed by atoms with Crippen LogP contribution in [0.5, 0.6) is 0 Å². The molecule has 0 fully saturated rings. The lowest BCUT2D eigenvalue weighted by Gasteiger charge is -2.05. The minimum Gasteiger partial charge on any atom is -0.351 e. The van der Waals surface area contributed by atoms with Gasteiger partial charge in [0.25, 0.3) is 5.91 Å². The first kappa shape index (κ1) is 14.2. The number of carbonyl (C=O) groups excluding carboxylic acids is 1. The summed E-state index contributed by atoms with van der Waals surface area (Å²) >= 11 is 8.19. The number of rotatable bonds is 5. The van der Waals surface area contributed by atoms with Gasteiger partial charge in [0, 0.05) is 11.0 Å². The fourth-order valence-electron chi connectivity index (χ4n) is 1.26. The summed E-state index contributed by atoms with van der Waals surface area (Å²) in [5, 5.41) is 2.92. The summed E-state index contributed by atoms with van der Waals surface area (Å²) in [5.41, 5.74) is 0. The predicted molar refractivity (Wildman–Crippen MR) is 76.1 cm³/mol. The van der Waals surface area contributed by atoms with Gasteiger partial charge in [0.2, 0.25) is 0 Å². The van der Waals surface area contributed by atoms with E-state index >= 15 is 0 Å². The number of thiophene rings is 1. The maximum atomic E-state index is 11.7. The van der Waals surface area contributed by atoms with E-state index in [1.807, 2.05) is 6.07 Å². The van der Waals surface area contributed by atoms with Crippen LogP contribution in [0.4, 0.5) is 0 Å². The van der Waals surface area contributed by atoms with Crippen LogP contribution in [-0.4, -0.2) is 12.5 Å². The molecule has 0 aromatic carbocycles. The molecule has 0 atom stereocenters. The molecule has 0 aliphatic heterocycles. The van der Waals surface area contributed by atoms with Crippen molar-refractivity contribution in [3.8, 4) is 0 Å². The van der Waals surface area contributed by atoms with Gasteiger partial charge in [-0.15, -0.1) is 11.3 Å². The number of nitrogens with one attached hydrogen (secondary N) is 1. The second-order valence-electron chi connectivity index (χ2n) is 4.02. The van der Waals surface area contributed by atoms with Crippen molar-refractivity contribution < 1.29 is 4.79 Å². The molecule has 1 rings (SSSR count). The molecule has 0 radical (unpaired) electrons. The van der Waals surface area contributed by atoms with Crippen LogP contribution in [0.3, 0.4) is 0 Å². The second-order valence-corrected chi connectivity index (χ2v) is 7.25. The van der Waals surface area contributed by atoms with E-state index < -0.39 is 0 Å². The lowest BCUT2D eigenvalue weighted by molar-refractivity contribution is 0.0956. The smallest absolute Gasteiger partial charge is 0.261 e. The van der Waals surface area contributed by atoms with E-state index in [0.29, 0.717) is 5.92 Å². The molecular formula is C11H15Br2NOS. The molecule has 1 heterocycles. The molecule has 16 heavy (non-hydrogen) atoms. The summed E-state index contributed by atoms with van der Waals surface area (Å²) in [4.78, 5) is 12.5. The zero-order valence-electron chi connectivity index (χ0n) is 9.35. The van der Waals surface area contributed by atoms with E-state index in [0.717, 1.165) is 32.5 Å². The summed E-state index contributed by atoms with van der Waals surface area (Å²) < 4.78 is 1.89. The molecule has 0 unspecified atom stereocenters. The van der Waals surface area contributed by atoms with Crippen LogP contribution in [0.15, 0.2) is 14.3 Å². The molecular weight excluding hydrogens is 354 g/mol. The zero-order chi connectivity index (χ0) is 12.1. The third-order valence-electron chi connectivity index (χ3n) is 2.11. The van der Waals surface area contributed by atoms with E-state index in [1.165, 1.54) is 11.3 Å². The van der Waals surface area contributed by atoms with Crippen molar-refractivity contribution in [2.24, 2.45) is 5.92 Å². The van der Waals surface area contributed by atoms with Gasteiger partial charge in [0.05, 0.1) is 8.66 Å². The Bertz CT molecular complexity index is 343. The highest BCUT2D eigenvalue weighted by Crippen LogP contribution is 2.32. The highest BCUT2D eigenvalue weighted by atomic mass is 79.9. The molecule has 90 valence electrons. The van der Waals surface area contributed by atoms with Gasteiger partial charge in [-0.1, -0.05) is 13.8 Å². The number of halogens is 2. The fraction of sp³-hybridized carbons (Fsp3) is 0.545. The summed E-state index contributed by atoms with van der Waals surface area (Å²) in [7, 11) is 0. The number of hydrogen-bond acceptors (Lipinski definition) is 2. The summed E-state index contributed by atoms with van der Waals surface area (Å²) in [6.07, 6.45) is 2.19. The van der Waals surface area contributed by atoms with E-state index in [2.05, 4.69) is 51.0 Å². The molecule has 1 N–H and O–H groups in total. The molecule has 0 saturated carbocycles. The Hall–Kier alpha value is 0.130. The van der Waals surface area contributed by atoms with Gasteiger partial charge in [-0.3, -0.25) is 4.79 Å². The number of hydrogen-bond donors (Lipinski definition) is 1. The first-order valence-electron chi connectivity index (χ1n) is 5.23. The van der Waals surface area contributed by atoms with Crippen molar-refractivity contribution in [2.45, 2.75) is 26.7 Å². The minimum absolute atomic E-state index is 0.0140. The van der Waals surface area contributed by atoms with E-state index in [-0.39, 0.29) is 5.91 Å². The van der Waals surface area contributed by atoms with Gasteiger partial charge in [-0.2, -0.15) is 0 Å². The molecule has 1 aromatic heterocycles. The Morgan fingerprint density at radius 3 is 2.69 bits per heavy atom. The molecule has 2 nitrogen and oxygen atoms in total. The maximum Gasteiger partial charge on any atom is 0.261 e. The topological polar surface area (TPSA) is 29.1 Å². The van der Waals surface area contributed by atoms with Gasteiger partial charge >= 0.3 is 0 Å². The van der Waals surface area contributed by atoms with E-state index in [4.69, 9.17) is 0 Å². The van der Waals surface area contributed by atoms with Crippen LogP contribution in [0.2, 0.25) is 0 Å². The SMILES string of the molecule is CC(C)CCCNC(=O)c1cc(Br)c(Br)s1. The van der Waals surface area contributed by atoms with Crippen molar-refractivity contribution in [1.29, 1.82) is 0 Å². The van der Waals surface area contributed by atoms with Gasteiger partial charge in [-0.05, 0) is 56.7 Å². The highest BCUT2D eigenvalue weighted by Gasteiger charge is 2.11. The van der Waals surface area contributed by atoms with Gasteiger partial charge in [0.1, 0.15) is 0 Å². The standard InChI is InChI=1S/C11H15Br2NOS/c1-7(2)4-3-5-14-11(15)9-6-8(12)10(13)16-9/h6-7H,3-5H2,1-2H3,(H,14,15). The highest BCUT2D eigenvalue weighted by molar-refractivity contribution is 9.13. The molecule has 0 saturated heterocycles. The third kappa shape index (κ3) is 4.55. The molecule has 0 aliphatic carbocycles. The Morgan fingerprint density at radius 1 is 1.50 bits per heavy atom. The molecule has 1 aromatic rings. The van der Waals surface area contributed by atoms with Crippen LogP contribution in [0.25, 0.3) is 0 Å². The first-order chi connectivity index (χ1) is 7.50. The monoisotopic (exact) mass is 367 g/mol. The van der Waals surface area contributed by atoms with Gasteiger partial charge in [-0.25, -0.2) is 0 Å². The van der Waals surface area contributed by atoms with Crippen LogP contribution >= 0.6 is 43.2 Å². The largest absolute Gasteiger partial charge is 0.351 e. The normalized spacial score (nSPS) is 10.8. The summed E-state index contributed by atoms with van der Waals surface area (Å²) in [5.74, 6) is 0.710. The fourth-order valence-corrected chi connectivity index (χ4v) is 3.21. The average molecular weight is 369 g/mol. The van der Waals surface area contributed by atoms with E-state index in [9.17, 15) is 4.79 Å². The summed E-state index contributed by atoms with van der Waals surface area (Å²) in [6.45, 7) is 5.13. The Kier molecular flexibility index (Phi) is 6.00. The first-order valence-corrected chi connectivity index (χ1v) is 7.64. The predicted octanol–water partition coefficient (Wildman–Crippen LogP) is 4.44. The number of amides is 1. The molecule has 0 aliphatic rings. The van der Waals surface area contributed by atoms with Crippen molar-refractivity contribution >= 4 is 49.1 Å². The van der Waals surface area contributed by atoms with Crippen molar-refractivity contribution in [2.75, 3.05) is 6.54 Å². The Balaban J connectivity index is 2.35. The van der Waals surface area contributed by atoms with Gasteiger partial charge < -0.3 is 5.32 Å². The average Bonchev–Trinajstić information content (AvgIpc) is 2.54. The Morgan fingerprint density at radius 2 is 2.19 bits per heavy atom. The van der Waals surface area contributed by atoms with Crippen molar-refractivity contribution in [1.82, 2.24) is 5.32 Å². The maximum absolute atomic E-state index is 11.7. The third-order valence-corrected chi connectivity index (χ3v) is 5.37. The second kappa shape index (κ2) is 6.77. The molecule has 0 spiro atoms. The van der Waals surface area contributed by atoms with Crippen molar-refractivity contribution in [3.63, 3.8) is 0 Å². The number of carbonyl (C=O) groups is 1. The van der Waals surface area contributed by atoms with Gasteiger partial charge in [0.15, 0.2) is 0 Å². The molecule has 1 amide bonds. The van der Waals surface area contributed by atoms with Crippen LogP contribution in [0.1, 0.15) is 36.4 Å². The lowest BCUT2D eigenvalue weighted by Crippen LogP contribution is -2.23. The van der Waals surface area contributed by atoms with Crippen molar-refractivity contribution in [3.05, 3.63) is 19.2 Å². The molecule has 0 bridgehead atoms. The van der Waals surface area contributed by atoms with Crippen LogP contribution in [0, 0.1) is 5.92 Å². The zero-order valence-corrected chi connectivity index (χ0v) is 13.3. The van der Waals surface area contributed by atoms with Crippen LogP contribution < -0.4 is 5.32 Å². The lowest BCUT2D eigenvalue weighted by atomic mass is 10.1. The summed E-state index contributed by atoms with van der Waals surface area (Å²) in [6, 6.07) is 1.84. The van der Waals surface area contributed by atoms with E-state index in [1.54, 1.807) is 0 Å². The van der Waals surface area contributed by atoms with Crippen LogP contribution in [-0.2, 0) is 0 Å².